The smallest absolute Gasteiger partial charge is 0.338 e. The second kappa shape index (κ2) is 5.30. The first kappa shape index (κ1) is 10.6. The van der Waals surface area contributed by atoms with Gasteiger partial charge in [-0.25, -0.2) is 4.79 Å². The van der Waals surface area contributed by atoms with Crippen molar-refractivity contribution in [3.63, 3.8) is 0 Å². The summed E-state index contributed by atoms with van der Waals surface area (Å²) >= 11 is 1.02. The van der Waals surface area contributed by atoms with Gasteiger partial charge in [-0.2, -0.15) is 5.26 Å². The van der Waals surface area contributed by atoms with Crippen LogP contribution in [0, 0.1) is 10.7 Å². The van der Waals surface area contributed by atoms with Gasteiger partial charge in [0.2, 0.25) is 0 Å². The van der Waals surface area contributed by atoms with Gasteiger partial charge in [0.1, 0.15) is 5.40 Å². The highest BCUT2D eigenvalue weighted by atomic mass is 32.2. The second-order valence-electron chi connectivity index (χ2n) is 2.44. The SMILES string of the molecule is CCOC(=O)c1cccc(SC#N)c1. The highest BCUT2D eigenvalue weighted by Gasteiger charge is 2.06. The van der Waals surface area contributed by atoms with Crippen LogP contribution in [0.2, 0.25) is 0 Å². The van der Waals surface area contributed by atoms with E-state index in [9.17, 15) is 4.79 Å². The molecule has 0 amide bonds. The van der Waals surface area contributed by atoms with E-state index in [1.807, 2.05) is 5.40 Å². The van der Waals surface area contributed by atoms with Crippen LogP contribution in [0.5, 0.6) is 0 Å². The van der Waals surface area contributed by atoms with Crippen molar-refractivity contribution in [2.45, 2.75) is 11.8 Å². The third kappa shape index (κ3) is 2.79. The van der Waals surface area contributed by atoms with Gasteiger partial charge in [0.15, 0.2) is 0 Å². The largest absolute Gasteiger partial charge is 0.462 e. The first-order chi connectivity index (χ1) is 6.77. The molecule has 0 unspecified atom stereocenters. The molecular weight excluding hydrogens is 198 g/mol. The first-order valence-corrected chi connectivity index (χ1v) is 4.92. The summed E-state index contributed by atoms with van der Waals surface area (Å²) in [6.07, 6.45) is 0. The summed E-state index contributed by atoms with van der Waals surface area (Å²) in [5, 5.41) is 10.4. The van der Waals surface area contributed by atoms with Crippen LogP contribution < -0.4 is 0 Å². The van der Waals surface area contributed by atoms with E-state index in [1.165, 1.54) is 0 Å². The fourth-order valence-corrected chi connectivity index (χ4v) is 1.39. The average molecular weight is 207 g/mol. The van der Waals surface area contributed by atoms with Gasteiger partial charge in [-0.15, -0.1) is 0 Å². The lowest BCUT2D eigenvalue weighted by molar-refractivity contribution is 0.0526. The van der Waals surface area contributed by atoms with Crippen molar-refractivity contribution in [1.29, 1.82) is 5.26 Å². The molecule has 0 fully saturated rings. The Morgan fingerprint density at radius 2 is 2.43 bits per heavy atom. The summed E-state index contributed by atoms with van der Waals surface area (Å²) < 4.78 is 4.83. The molecule has 0 N–H and O–H groups in total. The van der Waals surface area contributed by atoms with Gasteiger partial charge in [-0.1, -0.05) is 6.07 Å². The number of carbonyl (C=O) groups excluding carboxylic acids is 1. The Balaban J connectivity index is 2.83. The summed E-state index contributed by atoms with van der Waals surface area (Å²) in [5.74, 6) is -0.354. The molecule has 14 heavy (non-hydrogen) atoms. The minimum Gasteiger partial charge on any atom is -0.462 e. The number of nitrogens with zero attached hydrogens (tertiary/aromatic N) is 1. The molecule has 0 aliphatic carbocycles. The van der Waals surface area contributed by atoms with E-state index < -0.39 is 0 Å². The number of hydrogen-bond donors (Lipinski definition) is 0. The molecule has 0 saturated heterocycles. The van der Waals surface area contributed by atoms with Crippen LogP contribution in [-0.4, -0.2) is 12.6 Å². The van der Waals surface area contributed by atoms with Gasteiger partial charge < -0.3 is 4.74 Å². The van der Waals surface area contributed by atoms with Crippen LogP contribution in [0.25, 0.3) is 0 Å². The van der Waals surface area contributed by atoms with Crippen LogP contribution in [0.3, 0.4) is 0 Å². The Morgan fingerprint density at radius 3 is 3.07 bits per heavy atom. The highest BCUT2D eigenvalue weighted by Crippen LogP contribution is 2.17. The van der Waals surface area contributed by atoms with E-state index in [2.05, 4.69) is 0 Å². The van der Waals surface area contributed by atoms with Crippen molar-refractivity contribution in [2.75, 3.05) is 6.61 Å². The average Bonchev–Trinajstić information content (AvgIpc) is 2.19. The lowest BCUT2D eigenvalue weighted by Gasteiger charge is -2.01. The van der Waals surface area contributed by atoms with Gasteiger partial charge in [0, 0.05) is 4.90 Å². The van der Waals surface area contributed by atoms with Crippen molar-refractivity contribution in [2.24, 2.45) is 0 Å². The van der Waals surface area contributed by atoms with Gasteiger partial charge in [0.25, 0.3) is 0 Å². The zero-order valence-corrected chi connectivity index (χ0v) is 8.50. The molecule has 4 heteroatoms. The molecule has 3 nitrogen and oxygen atoms in total. The van der Waals surface area contributed by atoms with Crippen LogP contribution in [-0.2, 0) is 4.74 Å². The molecule has 0 spiro atoms. The number of ether oxygens (including phenoxy) is 1. The number of carbonyl (C=O) groups is 1. The molecule has 0 radical (unpaired) electrons. The van der Waals surface area contributed by atoms with Gasteiger partial charge in [-0.05, 0) is 36.9 Å². The second-order valence-corrected chi connectivity index (χ2v) is 3.30. The monoisotopic (exact) mass is 207 g/mol. The highest BCUT2D eigenvalue weighted by molar-refractivity contribution is 8.03. The maximum absolute atomic E-state index is 11.3. The summed E-state index contributed by atoms with van der Waals surface area (Å²) in [6, 6.07) is 6.81. The molecule has 0 bridgehead atoms. The van der Waals surface area contributed by atoms with Crippen molar-refractivity contribution < 1.29 is 9.53 Å². The van der Waals surface area contributed by atoms with Crippen molar-refractivity contribution in [3.8, 4) is 5.40 Å². The number of thiocyanates is 1. The number of nitriles is 1. The molecule has 0 heterocycles. The lowest BCUT2D eigenvalue weighted by Crippen LogP contribution is -2.04. The molecule has 0 aliphatic rings. The fourth-order valence-electron chi connectivity index (χ4n) is 0.954. The zero-order chi connectivity index (χ0) is 10.4. The Labute approximate surface area is 86.7 Å². The van der Waals surface area contributed by atoms with E-state index in [-0.39, 0.29) is 5.97 Å². The Hall–Kier alpha value is -1.47. The molecule has 0 saturated carbocycles. The summed E-state index contributed by atoms with van der Waals surface area (Å²) in [4.78, 5) is 12.0. The summed E-state index contributed by atoms with van der Waals surface area (Å²) in [7, 11) is 0. The van der Waals surface area contributed by atoms with Crippen molar-refractivity contribution in [1.82, 2.24) is 0 Å². The third-order valence-corrected chi connectivity index (χ3v) is 2.09. The van der Waals surface area contributed by atoms with Crippen LogP contribution >= 0.6 is 11.8 Å². The molecular formula is C10H9NO2S. The van der Waals surface area contributed by atoms with Crippen LogP contribution in [0.1, 0.15) is 17.3 Å². The topological polar surface area (TPSA) is 50.1 Å². The van der Waals surface area contributed by atoms with E-state index in [0.29, 0.717) is 12.2 Å². The van der Waals surface area contributed by atoms with Gasteiger partial charge in [-0.3, -0.25) is 0 Å². The Morgan fingerprint density at radius 1 is 1.64 bits per heavy atom. The normalized spacial score (nSPS) is 9.14. The van der Waals surface area contributed by atoms with E-state index in [0.717, 1.165) is 16.7 Å². The standard InChI is InChI=1S/C10H9NO2S/c1-2-13-10(12)8-4-3-5-9(6-8)14-7-11/h3-6H,2H2,1H3. The predicted octanol–water partition coefficient (Wildman–Crippen LogP) is 2.44. The number of esters is 1. The quantitative estimate of drug-likeness (QED) is 0.434. The van der Waals surface area contributed by atoms with E-state index in [1.54, 1.807) is 31.2 Å². The molecule has 1 aromatic rings. The zero-order valence-electron chi connectivity index (χ0n) is 7.69. The molecule has 1 rings (SSSR count). The number of rotatable bonds is 3. The maximum atomic E-state index is 11.3. The Kier molecular flexibility index (Phi) is 4.02. The molecule has 0 atom stereocenters. The fraction of sp³-hybridized carbons (Fsp3) is 0.200. The van der Waals surface area contributed by atoms with Gasteiger partial charge >= 0.3 is 5.97 Å². The first-order valence-electron chi connectivity index (χ1n) is 4.11. The van der Waals surface area contributed by atoms with E-state index in [4.69, 9.17) is 10.00 Å². The predicted molar refractivity (Wildman–Crippen MR) is 53.9 cm³/mol. The third-order valence-electron chi connectivity index (χ3n) is 1.51. The minimum absolute atomic E-state index is 0.354. The number of hydrogen-bond acceptors (Lipinski definition) is 4. The van der Waals surface area contributed by atoms with Crippen LogP contribution in [0.15, 0.2) is 29.2 Å². The number of thioether (sulfide) groups is 1. The summed E-state index contributed by atoms with van der Waals surface area (Å²) in [5.41, 5.74) is 0.479. The van der Waals surface area contributed by atoms with Crippen molar-refractivity contribution >= 4 is 17.7 Å². The molecule has 72 valence electrons. The Bertz CT molecular complexity index is 371. The lowest BCUT2D eigenvalue weighted by atomic mass is 10.2. The summed E-state index contributed by atoms with van der Waals surface area (Å²) in [6.45, 7) is 2.11. The van der Waals surface area contributed by atoms with Crippen molar-refractivity contribution in [3.05, 3.63) is 29.8 Å². The number of benzene rings is 1. The maximum Gasteiger partial charge on any atom is 0.338 e. The molecule has 0 aliphatic heterocycles. The van der Waals surface area contributed by atoms with E-state index >= 15 is 0 Å². The molecule has 1 aromatic carbocycles. The van der Waals surface area contributed by atoms with Gasteiger partial charge in [0.05, 0.1) is 12.2 Å². The minimum atomic E-state index is -0.354. The van der Waals surface area contributed by atoms with Crippen LogP contribution in [0.4, 0.5) is 0 Å². The molecule has 0 aromatic heterocycles.